The largest absolute Gasteiger partial charge is 0.323 e. The van der Waals surface area contributed by atoms with Gasteiger partial charge in [-0.05, 0) is 42.7 Å². The van der Waals surface area contributed by atoms with Crippen molar-refractivity contribution in [3.63, 3.8) is 0 Å². The molecule has 0 saturated heterocycles. The molecule has 0 aliphatic heterocycles. The number of thioether (sulfide) groups is 1. The van der Waals surface area contributed by atoms with E-state index in [1.807, 2.05) is 11.8 Å². The van der Waals surface area contributed by atoms with Gasteiger partial charge in [0.05, 0.1) is 0 Å². The van der Waals surface area contributed by atoms with Crippen LogP contribution in [0.3, 0.4) is 0 Å². The Morgan fingerprint density at radius 1 is 1.27 bits per heavy atom. The number of rotatable bonds is 5. The van der Waals surface area contributed by atoms with Crippen LogP contribution in [0, 0.1) is 13.8 Å². The highest BCUT2D eigenvalue weighted by Gasteiger charge is 2.06. The van der Waals surface area contributed by atoms with E-state index in [0.29, 0.717) is 0 Å². The summed E-state index contributed by atoms with van der Waals surface area (Å²) in [6, 6.07) is 6.71. The molecule has 0 saturated carbocycles. The van der Waals surface area contributed by atoms with Crippen LogP contribution in [0.4, 0.5) is 0 Å². The molecule has 1 aromatic rings. The summed E-state index contributed by atoms with van der Waals surface area (Å²) < 4.78 is 0. The number of hydrogen-bond donors (Lipinski definition) is 1. The summed E-state index contributed by atoms with van der Waals surface area (Å²) in [5.41, 5.74) is 10.1. The standard InChI is InChI=1S/C13H21NS/c1-4-7-15-9-13(14)12-6-5-10(2)11(3)8-12/h5-6,8,13H,4,7,9,14H2,1-3H3. The Morgan fingerprint density at radius 2 is 2.00 bits per heavy atom. The van der Waals surface area contributed by atoms with Crippen LogP contribution in [0.2, 0.25) is 0 Å². The first-order chi connectivity index (χ1) is 7.15. The summed E-state index contributed by atoms with van der Waals surface area (Å²) in [6.07, 6.45) is 1.23. The van der Waals surface area contributed by atoms with E-state index in [4.69, 9.17) is 5.73 Å². The molecule has 1 aromatic carbocycles. The molecule has 0 radical (unpaired) electrons. The molecule has 0 heterocycles. The minimum atomic E-state index is 0.181. The summed E-state index contributed by atoms with van der Waals surface area (Å²) in [7, 11) is 0. The number of hydrogen-bond acceptors (Lipinski definition) is 2. The van der Waals surface area contributed by atoms with Crippen LogP contribution in [0.25, 0.3) is 0 Å². The number of nitrogens with two attached hydrogens (primary N) is 1. The highest BCUT2D eigenvalue weighted by molar-refractivity contribution is 7.99. The topological polar surface area (TPSA) is 26.0 Å². The van der Waals surface area contributed by atoms with Gasteiger partial charge < -0.3 is 5.73 Å². The Kier molecular flexibility index (Phi) is 5.20. The molecule has 1 nitrogen and oxygen atoms in total. The molecule has 84 valence electrons. The summed E-state index contributed by atoms with van der Waals surface area (Å²) in [5.74, 6) is 2.23. The lowest BCUT2D eigenvalue weighted by Gasteiger charge is -2.13. The average molecular weight is 223 g/mol. The van der Waals surface area contributed by atoms with Crippen molar-refractivity contribution in [2.24, 2.45) is 5.73 Å². The fourth-order valence-corrected chi connectivity index (χ4v) is 2.35. The van der Waals surface area contributed by atoms with E-state index in [-0.39, 0.29) is 6.04 Å². The molecular weight excluding hydrogens is 202 g/mol. The Morgan fingerprint density at radius 3 is 2.60 bits per heavy atom. The van der Waals surface area contributed by atoms with Crippen LogP contribution in [0.5, 0.6) is 0 Å². The second-order valence-corrected chi connectivity index (χ2v) is 5.17. The van der Waals surface area contributed by atoms with Crippen molar-refractivity contribution < 1.29 is 0 Å². The monoisotopic (exact) mass is 223 g/mol. The molecule has 2 N–H and O–H groups in total. The van der Waals surface area contributed by atoms with Gasteiger partial charge in [-0.2, -0.15) is 11.8 Å². The van der Waals surface area contributed by atoms with Crippen molar-refractivity contribution in [1.29, 1.82) is 0 Å². The van der Waals surface area contributed by atoms with Gasteiger partial charge in [-0.3, -0.25) is 0 Å². The molecule has 15 heavy (non-hydrogen) atoms. The van der Waals surface area contributed by atoms with Gasteiger partial charge in [-0.1, -0.05) is 25.1 Å². The molecule has 0 bridgehead atoms. The van der Waals surface area contributed by atoms with Gasteiger partial charge in [0.15, 0.2) is 0 Å². The zero-order valence-corrected chi connectivity index (χ0v) is 10.7. The van der Waals surface area contributed by atoms with Gasteiger partial charge >= 0.3 is 0 Å². The van der Waals surface area contributed by atoms with Crippen LogP contribution in [0.1, 0.15) is 36.1 Å². The third-order valence-electron chi connectivity index (χ3n) is 2.60. The fraction of sp³-hybridized carbons (Fsp3) is 0.538. The molecule has 0 amide bonds. The highest BCUT2D eigenvalue weighted by Crippen LogP contribution is 2.19. The molecule has 0 aliphatic rings. The Bertz CT molecular complexity index is 309. The maximum atomic E-state index is 6.13. The normalized spacial score (nSPS) is 12.8. The summed E-state index contributed by atoms with van der Waals surface area (Å²) in [6.45, 7) is 6.48. The molecule has 0 aliphatic carbocycles. The van der Waals surface area contributed by atoms with E-state index >= 15 is 0 Å². The zero-order chi connectivity index (χ0) is 11.3. The third-order valence-corrected chi connectivity index (χ3v) is 3.90. The predicted octanol–water partition coefficient (Wildman–Crippen LogP) is 3.45. The number of benzene rings is 1. The van der Waals surface area contributed by atoms with Gasteiger partial charge in [-0.25, -0.2) is 0 Å². The van der Waals surface area contributed by atoms with Crippen LogP contribution in [0.15, 0.2) is 18.2 Å². The maximum Gasteiger partial charge on any atom is 0.0386 e. The van der Waals surface area contributed by atoms with E-state index in [9.17, 15) is 0 Å². The summed E-state index contributed by atoms with van der Waals surface area (Å²) in [4.78, 5) is 0. The van der Waals surface area contributed by atoms with Gasteiger partial charge in [-0.15, -0.1) is 0 Å². The van der Waals surface area contributed by atoms with Crippen LogP contribution in [-0.2, 0) is 0 Å². The Labute approximate surface area is 97.4 Å². The van der Waals surface area contributed by atoms with E-state index in [1.54, 1.807) is 0 Å². The van der Waals surface area contributed by atoms with E-state index < -0.39 is 0 Å². The van der Waals surface area contributed by atoms with E-state index in [2.05, 4.69) is 39.0 Å². The summed E-state index contributed by atoms with van der Waals surface area (Å²) >= 11 is 1.94. The first-order valence-corrected chi connectivity index (χ1v) is 6.71. The molecule has 1 unspecified atom stereocenters. The van der Waals surface area contributed by atoms with Crippen molar-refractivity contribution in [1.82, 2.24) is 0 Å². The predicted molar refractivity (Wildman–Crippen MR) is 70.5 cm³/mol. The Balaban J connectivity index is 2.57. The maximum absolute atomic E-state index is 6.13. The van der Waals surface area contributed by atoms with E-state index in [0.717, 1.165) is 5.75 Å². The highest BCUT2D eigenvalue weighted by atomic mass is 32.2. The van der Waals surface area contributed by atoms with Crippen molar-refractivity contribution in [3.8, 4) is 0 Å². The lowest BCUT2D eigenvalue weighted by atomic mass is 10.0. The van der Waals surface area contributed by atoms with E-state index in [1.165, 1.54) is 28.9 Å². The zero-order valence-electron chi connectivity index (χ0n) is 9.92. The minimum Gasteiger partial charge on any atom is -0.323 e. The van der Waals surface area contributed by atoms with Crippen molar-refractivity contribution in [2.45, 2.75) is 33.2 Å². The first kappa shape index (κ1) is 12.6. The van der Waals surface area contributed by atoms with Crippen LogP contribution in [-0.4, -0.2) is 11.5 Å². The first-order valence-electron chi connectivity index (χ1n) is 5.55. The lowest BCUT2D eigenvalue weighted by molar-refractivity contribution is 0.828. The SMILES string of the molecule is CCCSCC(N)c1ccc(C)c(C)c1. The molecular formula is C13H21NS. The van der Waals surface area contributed by atoms with Crippen molar-refractivity contribution in [3.05, 3.63) is 34.9 Å². The number of aryl methyl sites for hydroxylation is 2. The average Bonchev–Trinajstić information content (AvgIpc) is 2.22. The van der Waals surface area contributed by atoms with Crippen molar-refractivity contribution in [2.75, 3.05) is 11.5 Å². The molecule has 1 atom stereocenters. The lowest BCUT2D eigenvalue weighted by Crippen LogP contribution is -2.13. The molecule has 0 fully saturated rings. The van der Waals surface area contributed by atoms with Gasteiger partial charge in [0.2, 0.25) is 0 Å². The smallest absolute Gasteiger partial charge is 0.0386 e. The molecule has 0 aromatic heterocycles. The van der Waals surface area contributed by atoms with Gasteiger partial charge in [0.25, 0.3) is 0 Å². The second-order valence-electron chi connectivity index (χ2n) is 4.03. The Hall–Kier alpha value is -0.470. The van der Waals surface area contributed by atoms with Crippen LogP contribution < -0.4 is 5.73 Å². The van der Waals surface area contributed by atoms with Crippen molar-refractivity contribution >= 4 is 11.8 Å². The van der Waals surface area contributed by atoms with Crippen LogP contribution >= 0.6 is 11.8 Å². The second kappa shape index (κ2) is 6.19. The minimum absolute atomic E-state index is 0.181. The molecule has 0 spiro atoms. The quantitative estimate of drug-likeness (QED) is 0.774. The van der Waals surface area contributed by atoms with Gasteiger partial charge in [0.1, 0.15) is 0 Å². The summed E-state index contributed by atoms with van der Waals surface area (Å²) in [5, 5.41) is 0. The third kappa shape index (κ3) is 3.88. The fourth-order valence-electron chi connectivity index (χ4n) is 1.45. The molecule has 1 rings (SSSR count). The molecule has 2 heteroatoms. The van der Waals surface area contributed by atoms with Gasteiger partial charge in [0, 0.05) is 11.8 Å².